The Kier molecular flexibility index (Phi) is 6.77. The van der Waals surface area contributed by atoms with Crippen LogP contribution in [0, 0.1) is 0 Å². The molecule has 1 aliphatic heterocycles. The lowest BCUT2D eigenvalue weighted by Gasteiger charge is -2.30. The number of likely N-dealkylation sites (tertiary alicyclic amines) is 1. The van der Waals surface area contributed by atoms with Gasteiger partial charge < -0.3 is 10.2 Å². The monoisotopic (exact) mass is 487 g/mol. The number of rotatable bonds is 7. The van der Waals surface area contributed by atoms with E-state index in [9.17, 15) is 8.42 Å². The lowest BCUT2D eigenvalue weighted by Crippen LogP contribution is -2.36. The fraction of sp³-hybridized carbons (Fsp3) is 0.259. The second-order valence-corrected chi connectivity index (χ2v) is 10.7. The van der Waals surface area contributed by atoms with Crippen molar-refractivity contribution in [3.8, 4) is 11.3 Å². The van der Waals surface area contributed by atoms with Crippen LogP contribution in [0.5, 0.6) is 0 Å². The van der Waals surface area contributed by atoms with Gasteiger partial charge in [0, 0.05) is 24.3 Å². The number of anilines is 1. The summed E-state index contributed by atoms with van der Waals surface area (Å²) in [5.74, 6) is 0. The van der Waals surface area contributed by atoms with Gasteiger partial charge in [-0.3, -0.25) is 4.98 Å². The van der Waals surface area contributed by atoms with E-state index < -0.39 is 10.0 Å². The summed E-state index contributed by atoms with van der Waals surface area (Å²) in [5, 5.41) is 3.66. The zero-order valence-electron chi connectivity index (χ0n) is 19.7. The first-order chi connectivity index (χ1) is 17.0. The fourth-order valence-corrected chi connectivity index (χ4v) is 5.42. The Hall–Kier alpha value is -3.33. The molecule has 4 aromatic rings. The number of hydrogen-bond acceptors (Lipinski definition) is 6. The maximum absolute atomic E-state index is 12.9. The van der Waals surface area contributed by atoms with Crippen LogP contribution >= 0.6 is 0 Å². The summed E-state index contributed by atoms with van der Waals surface area (Å²) in [4.78, 5) is 11.9. The number of aromatic nitrogens is 2. The Bertz CT molecular complexity index is 1420. The number of hydrogen-bond donors (Lipinski definition) is 2. The molecule has 0 amide bonds. The van der Waals surface area contributed by atoms with Crippen LogP contribution in [0.1, 0.15) is 18.4 Å². The summed E-state index contributed by atoms with van der Waals surface area (Å²) in [6, 6.07) is 22.6. The number of pyridine rings is 2. The number of fused-ring (bicyclic) bond motifs is 1. The Balaban J connectivity index is 1.40. The van der Waals surface area contributed by atoms with Crippen molar-refractivity contribution in [3.63, 3.8) is 0 Å². The number of nitrogens with one attached hydrogen (secondary N) is 2. The van der Waals surface area contributed by atoms with Crippen LogP contribution in [0.2, 0.25) is 0 Å². The van der Waals surface area contributed by atoms with Gasteiger partial charge in [0.25, 0.3) is 0 Å². The smallest absolute Gasteiger partial charge is 0.240 e. The molecule has 0 atom stereocenters. The molecule has 2 N–H and O–H groups in total. The van der Waals surface area contributed by atoms with Gasteiger partial charge in [-0.05, 0) is 68.9 Å². The molecular weight excluding hydrogens is 458 g/mol. The molecule has 8 heteroatoms. The van der Waals surface area contributed by atoms with Gasteiger partial charge in [0.2, 0.25) is 10.0 Å². The van der Waals surface area contributed by atoms with Crippen molar-refractivity contribution in [2.45, 2.75) is 30.3 Å². The predicted octanol–water partition coefficient (Wildman–Crippen LogP) is 4.28. The minimum Gasteiger partial charge on any atom is -0.380 e. The Morgan fingerprint density at radius 1 is 0.971 bits per heavy atom. The third-order valence-corrected chi connectivity index (χ3v) is 7.81. The van der Waals surface area contributed by atoms with Gasteiger partial charge in [0.15, 0.2) is 0 Å². The average molecular weight is 488 g/mol. The summed E-state index contributed by atoms with van der Waals surface area (Å²) in [6.07, 6.45) is 3.96. The molecule has 0 saturated carbocycles. The van der Waals surface area contributed by atoms with Crippen molar-refractivity contribution < 1.29 is 8.42 Å². The van der Waals surface area contributed by atoms with E-state index in [-0.39, 0.29) is 11.4 Å². The largest absolute Gasteiger partial charge is 0.380 e. The summed E-state index contributed by atoms with van der Waals surface area (Å²) >= 11 is 0. The van der Waals surface area contributed by atoms with E-state index in [0.29, 0.717) is 11.7 Å². The standard InChI is InChI=1S/C27H29N5O2S/c1-32-16-13-22(14-17-32)30-26-12-15-28-25-11-10-24(31-27(25)26)21-8-5-9-23(18-21)35(33,34)29-19-20-6-3-2-4-7-20/h2-12,15,18,22,29H,13-14,16-17,19H2,1H3,(H,28,30). The highest BCUT2D eigenvalue weighted by atomic mass is 32.2. The van der Waals surface area contributed by atoms with E-state index >= 15 is 0 Å². The van der Waals surface area contributed by atoms with Gasteiger partial charge in [0.05, 0.1) is 21.8 Å². The lowest BCUT2D eigenvalue weighted by atomic mass is 10.0. The Morgan fingerprint density at radius 2 is 1.77 bits per heavy atom. The first-order valence-electron chi connectivity index (χ1n) is 11.8. The molecule has 5 rings (SSSR count). The van der Waals surface area contributed by atoms with Crippen molar-refractivity contribution in [1.82, 2.24) is 19.6 Å². The molecule has 0 unspecified atom stereocenters. The zero-order valence-corrected chi connectivity index (χ0v) is 20.5. The molecule has 2 aromatic carbocycles. The third-order valence-electron chi connectivity index (χ3n) is 6.41. The highest BCUT2D eigenvalue weighted by molar-refractivity contribution is 7.89. The van der Waals surface area contributed by atoms with Crippen molar-refractivity contribution in [3.05, 3.63) is 84.6 Å². The first kappa shape index (κ1) is 23.4. The molecule has 3 heterocycles. The van der Waals surface area contributed by atoms with Crippen molar-refractivity contribution in [1.29, 1.82) is 0 Å². The minimum absolute atomic E-state index is 0.212. The molecule has 0 aliphatic carbocycles. The van der Waals surface area contributed by atoms with Crippen LogP contribution in [-0.2, 0) is 16.6 Å². The van der Waals surface area contributed by atoms with Crippen LogP contribution in [0.15, 0.2) is 83.9 Å². The number of sulfonamides is 1. The molecule has 1 aliphatic rings. The van der Waals surface area contributed by atoms with Gasteiger partial charge in [-0.1, -0.05) is 42.5 Å². The predicted molar refractivity (Wildman–Crippen MR) is 140 cm³/mol. The first-order valence-corrected chi connectivity index (χ1v) is 13.3. The van der Waals surface area contributed by atoms with Crippen LogP contribution in [0.25, 0.3) is 22.3 Å². The van der Waals surface area contributed by atoms with Gasteiger partial charge in [0.1, 0.15) is 5.52 Å². The summed E-state index contributed by atoms with van der Waals surface area (Å²) < 4.78 is 28.6. The van der Waals surface area contributed by atoms with Gasteiger partial charge in [-0.25, -0.2) is 18.1 Å². The molecule has 0 radical (unpaired) electrons. The van der Waals surface area contributed by atoms with Gasteiger partial charge in [-0.15, -0.1) is 0 Å². The molecule has 0 bridgehead atoms. The normalized spacial score (nSPS) is 15.3. The number of nitrogens with zero attached hydrogens (tertiary/aromatic N) is 3. The van der Waals surface area contributed by atoms with Crippen molar-refractivity contribution >= 4 is 26.7 Å². The maximum atomic E-state index is 12.9. The molecule has 2 aromatic heterocycles. The van der Waals surface area contributed by atoms with Crippen molar-refractivity contribution in [2.24, 2.45) is 0 Å². The van der Waals surface area contributed by atoms with E-state index in [0.717, 1.165) is 53.8 Å². The SMILES string of the molecule is CN1CCC(Nc2ccnc3ccc(-c4cccc(S(=O)(=O)NCc5ccccc5)c4)nc23)CC1. The molecule has 0 spiro atoms. The topological polar surface area (TPSA) is 87.2 Å². The molecule has 180 valence electrons. The number of benzene rings is 2. The Labute approximate surface area is 206 Å². The zero-order chi connectivity index (χ0) is 24.3. The quantitative estimate of drug-likeness (QED) is 0.405. The van der Waals surface area contributed by atoms with E-state index in [4.69, 9.17) is 4.98 Å². The molecule has 35 heavy (non-hydrogen) atoms. The van der Waals surface area contributed by atoms with Gasteiger partial charge in [-0.2, -0.15) is 0 Å². The van der Waals surface area contributed by atoms with E-state index in [2.05, 4.69) is 27.0 Å². The van der Waals surface area contributed by atoms with E-state index in [1.54, 1.807) is 24.4 Å². The van der Waals surface area contributed by atoms with Crippen LogP contribution in [0.3, 0.4) is 0 Å². The maximum Gasteiger partial charge on any atom is 0.240 e. The average Bonchev–Trinajstić information content (AvgIpc) is 2.89. The van der Waals surface area contributed by atoms with Crippen LogP contribution in [-0.4, -0.2) is 49.5 Å². The molecule has 1 fully saturated rings. The van der Waals surface area contributed by atoms with Gasteiger partial charge >= 0.3 is 0 Å². The lowest BCUT2D eigenvalue weighted by molar-refractivity contribution is 0.264. The highest BCUT2D eigenvalue weighted by Crippen LogP contribution is 2.27. The minimum atomic E-state index is -3.67. The second-order valence-electron chi connectivity index (χ2n) is 8.98. The summed E-state index contributed by atoms with van der Waals surface area (Å²) in [6.45, 7) is 2.37. The van der Waals surface area contributed by atoms with Crippen LogP contribution in [0.4, 0.5) is 5.69 Å². The fourth-order valence-electron chi connectivity index (χ4n) is 4.36. The third kappa shape index (κ3) is 5.51. The summed E-state index contributed by atoms with van der Waals surface area (Å²) in [5.41, 5.74) is 4.90. The van der Waals surface area contributed by atoms with Crippen molar-refractivity contribution in [2.75, 3.05) is 25.5 Å². The molecular formula is C27H29N5O2S. The molecule has 1 saturated heterocycles. The summed E-state index contributed by atoms with van der Waals surface area (Å²) in [7, 11) is -1.52. The van der Waals surface area contributed by atoms with Crippen LogP contribution < -0.4 is 10.0 Å². The Morgan fingerprint density at radius 3 is 2.57 bits per heavy atom. The number of piperidine rings is 1. The van der Waals surface area contributed by atoms with E-state index in [1.807, 2.05) is 54.6 Å². The van der Waals surface area contributed by atoms with E-state index in [1.165, 1.54) is 0 Å². The molecule has 7 nitrogen and oxygen atoms in total. The second kappa shape index (κ2) is 10.1. The highest BCUT2D eigenvalue weighted by Gasteiger charge is 2.18.